The summed E-state index contributed by atoms with van der Waals surface area (Å²) >= 11 is 0. The number of ether oxygens (including phenoxy) is 3. The molecule has 202 valence electrons. The molecule has 0 aromatic carbocycles. The normalized spacial score (nSPS) is 56.1. The molecule has 0 bridgehead atoms. The summed E-state index contributed by atoms with van der Waals surface area (Å²) in [6.45, 7) is 16.1. The molecule has 36 heavy (non-hydrogen) atoms. The van der Waals surface area contributed by atoms with E-state index in [0.29, 0.717) is 5.92 Å². The van der Waals surface area contributed by atoms with Crippen LogP contribution in [0.25, 0.3) is 0 Å². The first-order valence-corrected chi connectivity index (χ1v) is 14.4. The molecule has 0 unspecified atom stereocenters. The fourth-order valence-corrected chi connectivity index (χ4v) is 10.3. The number of aliphatic hydroxyl groups is 1. The van der Waals surface area contributed by atoms with Gasteiger partial charge >= 0.3 is 5.97 Å². The molecule has 9 atom stereocenters. The Morgan fingerprint density at radius 3 is 2.22 bits per heavy atom. The van der Waals surface area contributed by atoms with Crippen molar-refractivity contribution >= 4 is 5.97 Å². The van der Waals surface area contributed by atoms with Crippen LogP contribution in [-0.2, 0) is 19.0 Å². The summed E-state index contributed by atoms with van der Waals surface area (Å²) in [7, 11) is 1.54. The monoisotopic (exact) mass is 500 g/mol. The molecule has 0 spiro atoms. The average molecular weight is 501 g/mol. The van der Waals surface area contributed by atoms with Crippen molar-refractivity contribution in [1.29, 1.82) is 0 Å². The molecule has 2 aliphatic heterocycles. The number of methoxy groups -OCH3 is 1. The zero-order chi connectivity index (χ0) is 26.2. The van der Waals surface area contributed by atoms with Crippen LogP contribution >= 0.6 is 0 Å². The molecule has 2 heterocycles. The van der Waals surface area contributed by atoms with Crippen molar-refractivity contribution in [3.05, 3.63) is 12.2 Å². The number of carbonyl (C=O) groups is 1. The van der Waals surface area contributed by atoms with Crippen molar-refractivity contribution in [1.82, 2.24) is 0 Å². The minimum absolute atomic E-state index is 0.0406. The Labute approximate surface area is 217 Å². The standard InChI is InChI=1S/C31H48O5/c1-24(2)13-15-29(23(33)34-8)16-14-27(6)30(35-27,21(29)19-24)17-18-31-26(5)11-10-22(32)25(3,4)20(26)9-12-28(31,7)36-31/h17-18,20-22,32H,9-16,19H2,1-8H3/b18-17-/t20-,21+,22-,26-,27-,28+,29-,30-,31-/m0/s1. The highest BCUT2D eigenvalue weighted by Gasteiger charge is 2.81. The number of hydrogen-bond donors (Lipinski definition) is 1. The van der Waals surface area contributed by atoms with Crippen LogP contribution in [0, 0.1) is 33.5 Å². The number of fused-ring (bicyclic) bond motifs is 6. The predicted octanol–water partition coefficient (Wildman–Crippen LogP) is 5.97. The molecular formula is C31H48O5. The van der Waals surface area contributed by atoms with Crippen LogP contribution in [0.5, 0.6) is 0 Å². The Balaban J connectivity index is 1.41. The first kappa shape index (κ1) is 25.4. The van der Waals surface area contributed by atoms with Crippen LogP contribution < -0.4 is 0 Å². The van der Waals surface area contributed by atoms with Crippen molar-refractivity contribution < 1.29 is 24.1 Å². The average Bonchev–Trinajstić information content (AvgIpc) is 3.65. The van der Waals surface area contributed by atoms with Gasteiger partial charge in [0.05, 0.1) is 29.8 Å². The SMILES string of the molecule is COC(=O)[C@]12CCC(C)(C)C[C@H]1[C@]1(/C=C\[C@@]34O[C@]3(C)CC[C@H]3C(C)(C)[C@@H](O)CC[C@@]34C)O[C@@]1(C)CC2. The number of aliphatic hydroxyl groups excluding tert-OH is 1. The van der Waals surface area contributed by atoms with Gasteiger partial charge in [0.2, 0.25) is 0 Å². The number of hydrogen-bond acceptors (Lipinski definition) is 5. The highest BCUT2D eigenvalue weighted by Crippen LogP contribution is 2.75. The maximum Gasteiger partial charge on any atom is 0.312 e. The van der Waals surface area contributed by atoms with Crippen molar-refractivity contribution in [3.8, 4) is 0 Å². The van der Waals surface area contributed by atoms with Crippen molar-refractivity contribution in [3.63, 3.8) is 0 Å². The second kappa shape index (κ2) is 6.99. The quantitative estimate of drug-likeness (QED) is 0.293. The van der Waals surface area contributed by atoms with E-state index in [4.69, 9.17) is 14.2 Å². The lowest BCUT2D eigenvalue weighted by molar-refractivity contribution is -0.166. The summed E-state index contributed by atoms with van der Waals surface area (Å²) in [5.74, 6) is 0.452. The van der Waals surface area contributed by atoms with Crippen LogP contribution in [-0.4, -0.2) is 46.7 Å². The fraction of sp³-hybridized carbons (Fsp3) is 0.903. The van der Waals surface area contributed by atoms with Gasteiger partial charge in [-0.3, -0.25) is 4.79 Å². The maximum atomic E-state index is 13.4. The van der Waals surface area contributed by atoms with Crippen molar-refractivity contribution in [2.75, 3.05) is 7.11 Å². The summed E-state index contributed by atoms with van der Waals surface area (Å²) in [6.07, 6.45) is 13.0. The van der Waals surface area contributed by atoms with Gasteiger partial charge in [-0.1, -0.05) is 46.8 Å². The molecule has 0 aromatic heterocycles. The van der Waals surface area contributed by atoms with E-state index in [-0.39, 0.29) is 51.0 Å². The number of esters is 1. The summed E-state index contributed by atoms with van der Waals surface area (Å²) in [4.78, 5) is 13.4. The molecule has 0 aromatic rings. The molecule has 5 heteroatoms. The number of epoxide rings is 2. The molecule has 1 N–H and O–H groups in total. The Hall–Kier alpha value is -0.910. The lowest BCUT2D eigenvalue weighted by Gasteiger charge is -2.58. The first-order chi connectivity index (χ1) is 16.6. The van der Waals surface area contributed by atoms with E-state index >= 15 is 0 Å². The first-order valence-electron chi connectivity index (χ1n) is 14.4. The minimum atomic E-state index is -0.466. The Morgan fingerprint density at radius 1 is 0.833 bits per heavy atom. The van der Waals surface area contributed by atoms with Gasteiger partial charge in [0.1, 0.15) is 11.2 Å². The molecule has 6 aliphatic rings. The fourth-order valence-electron chi connectivity index (χ4n) is 10.3. The third-order valence-electron chi connectivity index (χ3n) is 12.9. The van der Waals surface area contributed by atoms with E-state index in [1.807, 2.05) is 0 Å². The van der Waals surface area contributed by atoms with Gasteiger partial charge in [-0.25, -0.2) is 0 Å². The van der Waals surface area contributed by atoms with E-state index in [9.17, 15) is 9.90 Å². The third-order valence-corrected chi connectivity index (χ3v) is 12.9. The minimum Gasteiger partial charge on any atom is -0.469 e. The smallest absolute Gasteiger partial charge is 0.312 e. The van der Waals surface area contributed by atoms with Crippen LogP contribution in [0.1, 0.15) is 106 Å². The lowest BCUT2D eigenvalue weighted by atomic mass is 9.45. The Morgan fingerprint density at radius 2 is 1.53 bits per heavy atom. The van der Waals surface area contributed by atoms with Crippen LogP contribution in [0.2, 0.25) is 0 Å². The Kier molecular flexibility index (Phi) is 4.92. The molecule has 6 rings (SSSR count). The summed E-state index contributed by atoms with van der Waals surface area (Å²) < 4.78 is 19.0. The van der Waals surface area contributed by atoms with Gasteiger partial charge in [-0.15, -0.1) is 0 Å². The van der Waals surface area contributed by atoms with Crippen molar-refractivity contribution in [2.45, 2.75) is 135 Å². The van der Waals surface area contributed by atoms with E-state index in [1.54, 1.807) is 7.11 Å². The third kappa shape index (κ3) is 2.81. The van der Waals surface area contributed by atoms with Crippen LogP contribution in [0.15, 0.2) is 12.2 Å². The number of rotatable bonds is 3. The zero-order valence-corrected chi connectivity index (χ0v) is 23.8. The van der Waals surface area contributed by atoms with Gasteiger partial charge in [0.25, 0.3) is 0 Å². The van der Waals surface area contributed by atoms with Gasteiger partial charge in [-0.05, 0) is 88.4 Å². The maximum absolute atomic E-state index is 13.4. The number of carbonyl (C=O) groups excluding carboxylic acids is 1. The predicted molar refractivity (Wildman–Crippen MR) is 138 cm³/mol. The lowest BCUT2D eigenvalue weighted by Crippen LogP contribution is -2.59. The van der Waals surface area contributed by atoms with E-state index in [2.05, 4.69) is 60.6 Å². The van der Waals surface area contributed by atoms with Gasteiger partial charge in [-0.2, -0.15) is 0 Å². The summed E-state index contributed by atoms with van der Waals surface area (Å²) in [5.41, 5.74) is -1.69. The molecule has 0 amide bonds. The van der Waals surface area contributed by atoms with E-state index in [0.717, 1.165) is 57.8 Å². The van der Waals surface area contributed by atoms with Gasteiger partial charge in [0.15, 0.2) is 0 Å². The van der Waals surface area contributed by atoms with E-state index in [1.165, 1.54) is 0 Å². The summed E-state index contributed by atoms with van der Waals surface area (Å²) in [6, 6.07) is 0. The van der Waals surface area contributed by atoms with Crippen LogP contribution in [0.3, 0.4) is 0 Å². The topological polar surface area (TPSA) is 71.6 Å². The summed E-state index contributed by atoms with van der Waals surface area (Å²) in [5, 5.41) is 10.9. The molecule has 4 aliphatic carbocycles. The second-order valence-electron chi connectivity index (χ2n) is 15.5. The zero-order valence-electron chi connectivity index (χ0n) is 23.8. The second-order valence-corrected chi connectivity index (χ2v) is 15.5. The highest BCUT2D eigenvalue weighted by molar-refractivity contribution is 5.78. The van der Waals surface area contributed by atoms with Gasteiger partial charge < -0.3 is 19.3 Å². The van der Waals surface area contributed by atoms with Crippen molar-refractivity contribution in [2.24, 2.45) is 33.5 Å². The largest absolute Gasteiger partial charge is 0.469 e. The molecule has 2 saturated heterocycles. The molecule has 6 fully saturated rings. The molecule has 0 radical (unpaired) electrons. The molecule has 4 saturated carbocycles. The van der Waals surface area contributed by atoms with Gasteiger partial charge in [0, 0.05) is 11.3 Å². The van der Waals surface area contributed by atoms with Crippen LogP contribution in [0.4, 0.5) is 0 Å². The molecular weight excluding hydrogens is 452 g/mol. The van der Waals surface area contributed by atoms with E-state index < -0.39 is 11.0 Å². The molecule has 5 nitrogen and oxygen atoms in total. The Bertz CT molecular complexity index is 1020. The highest BCUT2D eigenvalue weighted by atomic mass is 16.6.